The zero-order valence-corrected chi connectivity index (χ0v) is 16.1. The van der Waals surface area contributed by atoms with Crippen LogP contribution in [0.25, 0.3) is 0 Å². The number of carbonyl (C=O) groups excluding carboxylic acids is 1. The van der Waals surface area contributed by atoms with Gasteiger partial charge in [0, 0.05) is 5.69 Å². The smallest absolute Gasteiger partial charge is 0.248 e. The Bertz CT molecular complexity index is 857. The van der Waals surface area contributed by atoms with Crippen LogP contribution in [0.5, 0.6) is 0 Å². The number of amides is 1. The van der Waals surface area contributed by atoms with Crippen LogP contribution in [0.2, 0.25) is 10.0 Å². The van der Waals surface area contributed by atoms with E-state index in [1.165, 1.54) is 6.07 Å². The van der Waals surface area contributed by atoms with Crippen molar-refractivity contribution in [3.8, 4) is 0 Å². The van der Waals surface area contributed by atoms with Crippen molar-refractivity contribution < 1.29 is 13.2 Å². The fourth-order valence-electron chi connectivity index (χ4n) is 2.43. The summed E-state index contributed by atoms with van der Waals surface area (Å²) in [4.78, 5) is 12.7. The molecule has 134 valence electrons. The van der Waals surface area contributed by atoms with Crippen LogP contribution in [0.3, 0.4) is 0 Å². The SMILES string of the molecule is CC[C@@H](C(=O)Nc1ccc(Cl)c(Cl)c1)N(c1ccccc1)S(C)(=O)=O. The van der Waals surface area contributed by atoms with E-state index in [-0.39, 0.29) is 0 Å². The van der Waals surface area contributed by atoms with E-state index in [9.17, 15) is 13.2 Å². The monoisotopic (exact) mass is 400 g/mol. The number of para-hydroxylation sites is 1. The molecule has 0 fully saturated rings. The number of hydrogen-bond donors (Lipinski definition) is 1. The zero-order valence-electron chi connectivity index (χ0n) is 13.7. The van der Waals surface area contributed by atoms with Gasteiger partial charge in [-0.15, -0.1) is 0 Å². The second-order valence-corrected chi connectivity index (χ2v) is 8.11. The van der Waals surface area contributed by atoms with Crippen molar-refractivity contribution in [3.05, 3.63) is 58.6 Å². The molecule has 1 amide bonds. The lowest BCUT2D eigenvalue weighted by Crippen LogP contribution is -2.46. The van der Waals surface area contributed by atoms with Gasteiger partial charge in [0.1, 0.15) is 6.04 Å². The number of nitrogens with one attached hydrogen (secondary N) is 1. The maximum atomic E-state index is 12.7. The Hall–Kier alpha value is -1.76. The average Bonchev–Trinajstić information content (AvgIpc) is 2.55. The number of sulfonamides is 1. The number of anilines is 2. The molecule has 0 saturated heterocycles. The topological polar surface area (TPSA) is 66.5 Å². The molecule has 2 aromatic rings. The summed E-state index contributed by atoms with van der Waals surface area (Å²) in [5.41, 5.74) is 0.875. The van der Waals surface area contributed by atoms with Gasteiger partial charge in [0.2, 0.25) is 15.9 Å². The largest absolute Gasteiger partial charge is 0.324 e. The van der Waals surface area contributed by atoms with E-state index in [1.807, 2.05) is 0 Å². The molecule has 1 atom stereocenters. The number of benzene rings is 2. The molecule has 5 nitrogen and oxygen atoms in total. The number of nitrogens with zero attached hydrogens (tertiary/aromatic N) is 1. The lowest BCUT2D eigenvalue weighted by Gasteiger charge is -2.30. The molecule has 25 heavy (non-hydrogen) atoms. The van der Waals surface area contributed by atoms with Crippen LogP contribution < -0.4 is 9.62 Å². The quantitative estimate of drug-likeness (QED) is 0.790. The van der Waals surface area contributed by atoms with Crippen molar-refractivity contribution in [2.45, 2.75) is 19.4 Å². The summed E-state index contributed by atoms with van der Waals surface area (Å²) >= 11 is 11.8. The zero-order chi connectivity index (χ0) is 18.6. The lowest BCUT2D eigenvalue weighted by atomic mass is 10.2. The molecule has 0 saturated carbocycles. The van der Waals surface area contributed by atoms with Crippen LogP contribution in [0.15, 0.2) is 48.5 Å². The number of hydrogen-bond acceptors (Lipinski definition) is 3. The first-order valence-electron chi connectivity index (χ1n) is 7.54. The third kappa shape index (κ3) is 4.87. The molecule has 0 bridgehead atoms. The molecule has 0 radical (unpaired) electrons. The van der Waals surface area contributed by atoms with Gasteiger partial charge in [0.25, 0.3) is 0 Å². The Kier molecular flexibility index (Phi) is 6.32. The third-order valence-electron chi connectivity index (χ3n) is 3.53. The van der Waals surface area contributed by atoms with Gasteiger partial charge in [-0.3, -0.25) is 9.10 Å². The highest BCUT2D eigenvalue weighted by atomic mass is 35.5. The van der Waals surface area contributed by atoms with E-state index in [4.69, 9.17) is 23.2 Å². The molecule has 0 unspecified atom stereocenters. The van der Waals surface area contributed by atoms with Gasteiger partial charge in [-0.1, -0.05) is 48.3 Å². The van der Waals surface area contributed by atoms with Crippen molar-refractivity contribution in [1.29, 1.82) is 0 Å². The van der Waals surface area contributed by atoms with Gasteiger partial charge in [-0.25, -0.2) is 8.42 Å². The minimum absolute atomic E-state index is 0.301. The highest BCUT2D eigenvalue weighted by Crippen LogP contribution is 2.26. The fourth-order valence-corrected chi connectivity index (χ4v) is 3.94. The van der Waals surface area contributed by atoms with E-state index in [2.05, 4.69) is 5.32 Å². The van der Waals surface area contributed by atoms with Gasteiger partial charge in [0.05, 0.1) is 22.0 Å². The first-order valence-corrected chi connectivity index (χ1v) is 10.1. The van der Waals surface area contributed by atoms with Crippen LogP contribution in [0.1, 0.15) is 13.3 Å². The summed E-state index contributed by atoms with van der Waals surface area (Å²) in [6.07, 6.45) is 1.38. The van der Waals surface area contributed by atoms with Crippen molar-refractivity contribution in [1.82, 2.24) is 0 Å². The van der Waals surface area contributed by atoms with Crippen LogP contribution in [-0.4, -0.2) is 26.6 Å². The van der Waals surface area contributed by atoms with Crippen molar-refractivity contribution in [2.24, 2.45) is 0 Å². The molecule has 0 heterocycles. The molecule has 0 aliphatic rings. The molecular weight excluding hydrogens is 383 g/mol. The Balaban J connectivity index is 2.34. The molecule has 2 aromatic carbocycles. The summed E-state index contributed by atoms with van der Waals surface area (Å²) in [5, 5.41) is 3.37. The highest BCUT2D eigenvalue weighted by molar-refractivity contribution is 7.92. The van der Waals surface area contributed by atoms with E-state index in [0.29, 0.717) is 27.8 Å². The van der Waals surface area contributed by atoms with Crippen LogP contribution in [0.4, 0.5) is 11.4 Å². The predicted molar refractivity (Wildman–Crippen MR) is 103 cm³/mol. The molecular formula is C17H18Cl2N2O3S. The van der Waals surface area contributed by atoms with Crippen LogP contribution >= 0.6 is 23.2 Å². The van der Waals surface area contributed by atoms with E-state index >= 15 is 0 Å². The minimum Gasteiger partial charge on any atom is -0.324 e. The van der Waals surface area contributed by atoms with E-state index in [0.717, 1.165) is 10.6 Å². The second-order valence-electron chi connectivity index (χ2n) is 5.44. The van der Waals surface area contributed by atoms with Gasteiger partial charge in [0.15, 0.2) is 0 Å². The number of carbonyl (C=O) groups is 1. The second kappa shape index (κ2) is 8.08. The van der Waals surface area contributed by atoms with Crippen LogP contribution in [0, 0.1) is 0 Å². The fraction of sp³-hybridized carbons (Fsp3) is 0.235. The maximum Gasteiger partial charge on any atom is 0.248 e. The van der Waals surface area contributed by atoms with Gasteiger partial charge < -0.3 is 5.32 Å². The summed E-state index contributed by atoms with van der Waals surface area (Å²) in [5.74, 6) is -0.449. The molecule has 1 N–H and O–H groups in total. The minimum atomic E-state index is -3.66. The summed E-state index contributed by atoms with van der Waals surface area (Å²) in [7, 11) is -3.66. The normalized spacial score (nSPS) is 12.5. The average molecular weight is 401 g/mol. The first-order chi connectivity index (χ1) is 11.7. The maximum absolute atomic E-state index is 12.7. The van der Waals surface area contributed by atoms with Crippen molar-refractivity contribution >= 4 is 50.5 Å². The predicted octanol–water partition coefficient (Wildman–Crippen LogP) is 4.18. The Morgan fingerprint density at radius 1 is 1.12 bits per heavy atom. The lowest BCUT2D eigenvalue weighted by molar-refractivity contribution is -0.117. The van der Waals surface area contributed by atoms with Gasteiger partial charge >= 0.3 is 0 Å². The first kappa shape index (κ1) is 19.6. The molecule has 0 spiro atoms. The molecule has 0 aliphatic heterocycles. The summed E-state index contributed by atoms with van der Waals surface area (Å²) in [6, 6.07) is 12.3. The third-order valence-corrected chi connectivity index (χ3v) is 5.45. The van der Waals surface area contributed by atoms with E-state index in [1.54, 1.807) is 49.4 Å². The Morgan fingerprint density at radius 3 is 2.28 bits per heavy atom. The number of rotatable bonds is 6. The molecule has 0 aromatic heterocycles. The summed E-state index contributed by atoms with van der Waals surface area (Å²) < 4.78 is 25.7. The van der Waals surface area contributed by atoms with E-state index < -0.39 is 22.0 Å². The Morgan fingerprint density at radius 2 is 1.76 bits per heavy atom. The summed E-state index contributed by atoms with van der Waals surface area (Å²) in [6.45, 7) is 1.75. The van der Waals surface area contributed by atoms with Crippen LogP contribution in [-0.2, 0) is 14.8 Å². The Labute approximate surface area is 157 Å². The highest BCUT2D eigenvalue weighted by Gasteiger charge is 2.31. The van der Waals surface area contributed by atoms with Crippen molar-refractivity contribution in [2.75, 3.05) is 15.9 Å². The standard InChI is InChI=1S/C17H18Cl2N2O3S/c1-3-16(17(22)20-12-9-10-14(18)15(19)11-12)21(25(2,23)24)13-7-5-4-6-8-13/h4-11,16H,3H2,1-2H3,(H,20,22)/t16-/m0/s1. The van der Waals surface area contributed by atoms with Crippen molar-refractivity contribution in [3.63, 3.8) is 0 Å². The molecule has 2 rings (SSSR count). The number of halogens is 2. The van der Waals surface area contributed by atoms with Gasteiger partial charge in [-0.2, -0.15) is 0 Å². The molecule has 8 heteroatoms. The van der Waals surface area contributed by atoms with Gasteiger partial charge in [-0.05, 0) is 36.8 Å². The molecule has 0 aliphatic carbocycles.